The number of amides is 2. The van der Waals surface area contributed by atoms with Crippen LogP contribution in [0.15, 0.2) is 42.7 Å². The van der Waals surface area contributed by atoms with Gasteiger partial charge in [-0.15, -0.1) is 0 Å². The fourth-order valence-electron chi connectivity index (χ4n) is 4.24. The molecule has 4 rings (SSSR count). The standard InChI is InChI=1S/C25H23FN4O4/c1-13-9-15(3-8-20(13)26)11-27-24(32)21-10-22(29-12-28-21)30-23(31)19-7-4-16-14(2)17(25(33)34)5-6-18(16)19/h3,5-6,8-10,12,19H,4,7,11H2,1-2H3,(H,27,32)(H,33,34)(H,28,29,30,31). The van der Waals surface area contributed by atoms with Gasteiger partial charge in [-0.3, -0.25) is 9.59 Å². The number of carbonyl (C=O) groups is 3. The van der Waals surface area contributed by atoms with Crippen molar-refractivity contribution in [1.29, 1.82) is 0 Å². The van der Waals surface area contributed by atoms with E-state index in [9.17, 15) is 23.9 Å². The SMILES string of the molecule is Cc1cc(CNC(=O)c2cc(NC(=O)C3CCc4c3ccc(C(=O)O)c4C)ncn2)ccc1F. The lowest BCUT2D eigenvalue weighted by molar-refractivity contribution is -0.117. The topological polar surface area (TPSA) is 121 Å². The number of hydrogen-bond acceptors (Lipinski definition) is 5. The average Bonchev–Trinajstić information content (AvgIpc) is 3.25. The van der Waals surface area contributed by atoms with Gasteiger partial charge in [-0.25, -0.2) is 19.2 Å². The summed E-state index contributed by atoms with van der Waals surface area (Å²) in [7, 11) is 0. The highest BCUT2D eigenvalue weighted by atomic mass is 19.1. The van der Waals surface area contributed by atoms with Gasteiger partial charge in [-0.2, -0.15) is 0 Å². The highest BCUT2D eigenvalue weighted by molar-refractivity contribution is 5.98. The van der Waals surface area contributed by atoms with Crippen molar-refractivity contribution in [3.63, 3.8) is 0 Å². The van der Waals surface area contributed by atoms with Gasteiger partial charge in [0.1, 0.15) is 23.7 Å². The maximum Gasteiger partial charge on any atom is 0.335 e. The quantitative estimate of drug-likeness (QED) is 0.515. The minimum absolute atomic E-state index is 0.0814. The van der Waals surface area contributed by atoms with Gasteiger partial charge in [0.2, 0.25) is 5.91 Å². The van der Waals surface area contributed by atoms with E-state index in [2.05, 4.69) is 20.6 Å². The molecular formula is C25H23FN4O4. The van der Waals surface area contributed by atoms with Crippen molar-refractivity contribution < 1.29 is 23.9 Å². The average molecular weight is 462 g/mol. The number of carboxylic acid groups (broad SMARTS) is 1. The van der Waals surface area contributed by atoms with Gasteiger partial charge in [0.25, 0.3) is 5.91 Å². The summed E-state index contributed by atoms with van der Waals surface area (Å²) in [6.45, 7) is 3.60. The van der Waals surface area contributed by atoms with Crippen molar-refractivity contribution >= 4 is 23.6 Å². The van der Waals surface area contributed by atoms with Crippen molar-refractivity contribution in [2.24, 2.45) is 0 Å². The Hall–Kier alpha value is -4.14. The van der Waals surface area contributed by atoms with Gasteiger partial charge in [0.15, 0.2) is 0 Å². The van der Waals surface area contributed by atoms with Crippen LogP contribution in [0.1, 0.15) is 61.0 Å². The molecule has 1 heterocycles. The third-order valence-electron chi connectivity index (χ3n) is 6.07. The lowest BCUT2D eigenvalue weighted by Gasteiger charge is -2.14. The van der Waals surface area contributed by atoms with Gasteiger partial charge in [0, 0.05) is 12.6 Å². The molecule has 8 nitrogen and oxygen atoms in total. The summed E-state index contributed by atoms with van der Waals surface area (Å²) >= 11 is 0. The molecule has 3 N–H and O–H groups in total. The van der Waals surface area contributed by atoms with Crippen LogP contribution in [0.4, 0.5) is 10.2 Å². The van der Waals surface area contributed by atoms with Crippen molar-refractivity contribution in [2.75, 3.05) is 5.32 Å². The molecule has 0 saturated heterocycles. The summed E-state index contributed by atoms with van der Waals surface area (Å²) in [6, 6.07) is 9.20. The number of fused-ring (bicyclic) bond motifs is 1. The maximum absolute atomic E-state index is 13.4. The van der Waals surface area contributed by atoms with Crippen LogP contribution >= 0.6 is 0 Å². The molecule has 0 aliphatic heterocycles. The largest absolute Gasteiger partial charge is 0.478 e. The number of nitrogens with zero attached hydrogens (tertiary/aromatic N) is 2. The first kappa shape index (κ1) is 23.0. The van der Waals surface area contributed by atoms with Crippen molar-refractivity contribution in [3.8, 4) is 0 Å². The highest BCUT2D eigenvalue weighted by Crippen LogP contribution is 2.37. The predicted octanol–water partition coefficient (Wildman–Crippen LogP) is 3.53. The fourth-order valence-corrected chi connectivity index (χ4v) is 4.24. The summed E-state index contributed by atoms with van der Waals surface area (Å²) in [6.07, 6.45) is 2.36. The molecule has 1 aliphatic rings. The zero-order valence-electron chi connectivity index (χ0n) is 18.7. The zero-order chi connectivity index (χ0) is 24.4. The second-order valence-electron chi connectivity index (χ2n) is 8.25. The van der Waals surface area contributed by atoms with E-state index < -0.39 is 17.8 Å². The third kappa shape index (κ3) is 4.63. The summed E-state index contributed by atoms with van der Waals surface area (Å²) < 4.78 is 13.4. The number of anilines is 1. The Balaban J connectivity index is 1.43. The van der Waals surface area contributed by atoms with Crippen molar-refractivity contribution in [1.82, 2.24) is 15.3 Å². The minimum Gasteiger partial charge on any atom is -0.478 e. The Morgan fingerprint density at radius 2 is 1.91 bits per heavy atom. The summed E-state index contributed by atoms with van der Waals surface area (Å²) in [5, 5.41) is 14.8. The van der Waals surface area contributed by atoms with Crippen LogP contribution in [0.25, 0.3) is 0 Å². The molecule has 9 heteroatoms. The van der Waals surface area contributed by atoms with E-state index in [1.165, 1.54) is 24.5 Å². The number of carbonyl (C=O) groups excluding carboxylic acids is 2. The lowest BCUT2D eigenvalue weighted by Crippen LogP contribution is -2.25. The highest BCUT2D eigenvalue weighted by Gasteiger charge is 2.31. The van der Waals surface area contributed by atoms with Crippen molar-refractivity contribution in [3.05, 3.63) is 87.6 Å². The fraction of sp³-hybridized carbons (Fsp3) is 0.240. The van der Waals surface area contributed by atoms with E-state index >= 15 is 0 Å². The second kappa shape index (κ2) is 9.38. The maximum atomic E-state index is 13.4. The number of rotatable bonds is 6. The first-order valence-corrected chi connectivity index (χ1v) is 10.8. The third-order valence-corrected chi connectivity index (χ3v) is 6.07. The number of hydrogen-bond donors (Lipinski definition) is 3. The number of benzene rings is 2. The Bertz CT molecular complexity index is 1310. The number of aromatic carboxylic acids is 1. The zero-order valence-corrected chi connectivity index (χ0v) is 18.7. The molecule has 2 amide bonds. The second-order valence-corrected chi connectivity index (χ2v) is 8.25. The Morgan fingerprint density at radius 1 is 1.12 bits per heavy atom. The van der Waals surface area contributed by atoms with E-state index in [0.717, 1.165) is 16.7 Å². The number of nitrogens with one attached hydrogen (secondary N) is 2. The van der Waals surface area contributed by atoms with Crippen LogP contribution in [0.5, 0.6) is 0 Å². The molecule has 0 spiro atoms. The van der Waals surface area contributed by atoms with Crippen LogP contribution < -0.4 is 10.6 Å². The van der Waals surface area contributed by atoms with Gasteiger partial charge < -0.3 is 15.7 Å². The van der Waals surface area contributed by atoms with Gasteiger partial charge in [-0.1, -0.05) is 18.2 Å². The normalized spacial score (nSPS) is 14.4. The van der Waals surface area contributed by atoms with E-state index in [1.54, 1.807) is 32.0 Å². The van der Waals surface area contributed by atoms with E-state index in [4.69, 9.17) is 0 Å². The van der Waals surface area contributed by atoms with E-state index in [0.29, 0.717) is 24.0 Å². The molecule has 0 bridgehead atoms. The van der Waals surface area contributed by atoms with E-state index in [1.807, 2.05) is 0 Å². The van der Waals surface area contributed by atoms with Crippen LogP contribution in [0.3, 0.4) is 0 Å². The molecule has 1 aliphatic carbocycles. The van der Waals surface area contributed by atoms with Gasteiger partial charge in [-0.05, 0) is 66.6 Å². The number of carboxylic acids is 1. The molecular weight excluding hydrogens is 439 g/mol. The summed E-state index contributed by atoms with van der Waals surface area (Å²) in [5.41, 5.74) is 3.93. The van der Waals surface area contributed by atoms with Gasteiger partial charge >= 0.3 is 5.97 Å². The molecule has 34 heavy (non-hydrogen) atoms. The first-order valence-electron chi connectivity index (χ1n) is 10.8. The first-order chi connectivity index (χ1) is 16.2. The van der Waals surface area contributed by atoms with Crippen molar-refractivity contribution in [2.45, 2.75) is 39.2 Å². The van der Waals surface area contributed by atoms with Crippen LogP contribution in [-0.2, 0) is 17.8 Å². The molecule has 174 valence electrons. The number of halogens is 1. The monoisotopic (exact) mass is 462 g/mol. The number of aryl methyl sites for hydroxylation is 1. The Morgan fingerprint density at radius 3 is 2.65 bits per heavy atom. The van der Waals surface area contributed by atoms with Crippen LogP contribution in [-0.4, -0.2) is 32.9 Å². The Kier molecular flexibility index (Phi) is 6.36. The minimum atomic E-state index is -0.991. The lowest BCUT2D eigenvalue weighted by atomic mass is 9.95. The van der Waals surface area contributed by atoms with E-state index in [-0.39, 0.29) is 35.3 Å². The molecule has 2 aromatic carbocycles. The molecule has 3 aromatic rings. The molecule has 1 unspecified atom stereocenters. The van der Waals surface area contributed by atoms with Crippen LogP contribution in [0.2, 0.25) is 0 Å². The van der Waals surface area contributed by atoms with Crippen LogP contribution in [0, 0.1) is 19.7 Å². The molecule has 0 fully saturated rings. The predicted molar refractivity (Wildman–Crippen MR) is 122 cm³/mol. The van der Waals surface area contributed by atoms with Gasteiger partial charge in [0.05, 0.1) is 11.5 Å². The Labute approximate surface area is 195 Å². The molecule has 1 atom stereocenters. The molecule has 0 radical (unpaired) electrons. The summed E-state index contributed by atoms with van der Waals surface area (Å²) in [4.78, 5) is 44.8. The molecule has 1 aromatic heterocycles. The summed E-state index contributed by atoms with van der Waals surface area (Å²) in [5.74, 6) is -2.29. The number of aromatic nitrogens is 2. The smallest absolute Gasteiger partial charge is 0.335 e. The molecule has 0 saturated carbocycles.